The maximum Gasteiger partial charge on any atom is 0.254 e. The molecule has 0 N–H and O–H groups in total. The average molecular weight is 433 g/mol. The molecule has 5 nitrogen and oxygen atoms in total. The van der Waals surface area contributed by atoms with Crippen molar-refractivity contribution in [1.82, 2.24) is 9.88 Å². The van der Waals surface area contributed by atoms with Gasteiger partial charge in [0, 0.05) is 22.7 Å². The predicted octanol–water partition coefficient (Wildman–Crippen LogP) is 6.13. The van der Waals surface area contributed by atoms with Crippen LogP contribution in [0.4, 0.5) is 0 Å². The summed E-state index contributed by atoms with van der Waals surface area (Å²) in [5.74, 6) is 1.32. The number of oxazole rings is 1. The van der Waals surface area contributed by atoms with Gasteiger partial charge in [-0.2, -0.15) is 0 Å². The Morgan fingerprint density at radius 2 is 2.00 bits per heavy atom. The molecular formula is C25H21ClN2O3. The first kappa shape index (κ1) is 19.6. The van der Waals surface area contributed by atoms with Crippen LogP contribution in [0.15, 0.2) is 71.1 Å². The Bertz CT molecular complexity index is 1270. The molecule has 5 rings (SSSR count). The van der Waals surface area contributed by atoms with Gasteiger partial charge in [-0.3, -0.25) is 4.79 Å². The molecule has 1 unspecified atom stereocenters. The van der Waals surface area contributed by atoms with Gasteiger partial charge in [-0.25, -0.2) is 4.98 Å². The molecule has 156 valence electrons. The van der Waals surface area contributed by atoms with E-state index in [4.69, 9.17) is 25.7 Å². The Labute approximate surface area is 185 Å². The van der Waals surface area contributed by atoms with Crippen LogP contribution >= 0.6 is 11.6 Å². The fourth-order valence-corrected chi connectivity index (χ4v) is 4.38. The average Bonchev–Trinajstić information content (AvgIpc) is 3.45. The number of halogens is 1. The summed E-state index contributed by atoms with van der Waals surface area (Å²) in [6, 6.07) is 20.7. The van der Waals surface area contributed by atoms with Gasteiger partial charge in [0.2, 0.25) is 5.89 Å². The Balaban J connectivity index is 1.48. The van der Waals surface area contributed by atoms with Gasteiger partial charge in [0.25, 0.3) is 5.91 Å². The highest BCUT2D eigenvalue weighted by molar-refractivity contribution is 6.30. The lowest BCUT2D eigenvalue weighted by molar-refractivity contribution is 0.0717. The van der Waals surface area contributed by atoms with Crippen LogP contribution in [0.1, 0.15) is 35.1 Å². The monoisotopic (exact) mass is 432 g/mol. The minimum Gasteiger partial charge on any atom is -0.496 e. The lowest BCUT2D eigenvalue weighted by atomic mass is 10.0. The van der Waals surface area contributed by atoms with E-state index in [1.807, 2.05) is 47.4 Å². The van der Waals surface area contributed by atoms with E-state index in [0.717, 1.165) is 35.2 Å². The molecule has 6 heteroatoms. The van der Waals surface area contributed by atoms with Crippen LogP contribution in [0.2, 0.25) is 5.02 Å². The summed E-state index contributed by atoms with van der Waals surface area (Å²) in [6.07, 6.45) is 1.72. The normalized spacial score (nSPS) is 16.1. The van der Waals surface area contributed by atoms with Gasteiger partial charge < -0.3 is 14.1 Å². The van der Waals surface area contributed by atoms with Crippen molar-refractivity contribution in [1.29, 1.82) is 0 Å². The molecular weight excluding hydrogens is 412 g/mol. The zero-order valence-electron chi connectivity index (χ0n) is 17.0. The molecule has 4 aromatic rings. The summed E-state index contributed by atoms with van der Waals surface area (Å²) in [7, 11) is 1.66. The number of para-hydroxylation sites is 1. The number of benzene rings is 3. The van der Waals surface area contributed by atoms with E-state index < -0.39 is 0 Å². The highest BCUT2D eigenvalue weighted by Gasteiger charge is 2.34. The van der Waals surface area contributed by atoms with Gasteiger partial charge in [0.15, 0.2) is 5.58 Å². The topological polar surface area (TPSA) is 55.6 Å². The van der Waals surface area contributed by atoms with Crippen LogP contribution in [0.3, 0.4) is 0 Å². The zero-order chi connectivity index (χ0) is 21.4. The summed E-state index contributed by atoms with van der Waals surface area (Å²) >= 11 is 6.08. The van der Waals surface area contributed by atoms with Crippen molar-refractivity contribution in [3.8, 4) is 16.9 Å². The standard InChI is InChI=1S/C25H21ClN2O3/c1-30-22-10-3-2-8-19(22)16-11-12-23-20(15-16)27-24(31-23)21-9-5-13-28(21)25(29)17-6-4-7-18(26)14-17/h2-4,6-8,10-12,14-15,21H,5,9,13H2,1H3. The fourth-order valence-electron chi connectivity index (χ4n) is 4.19. The van der Waals surface area contributed by atoms with E-state index in [1.165, 1.54) is 0 Å². The number of rotatable bonds is 4. The molecule has 1 saturated heterocycles. The fraction of sp³-hybridized carbons (Fsp3) is 0.200. The van der Waals surface area contributed by atoms with Crippen molar-refractivity contribution in [3.63, 3.8) is 0 Å². The highest BCUT2D eigenvalue weighted by atomic mass is 35.5. The molecule has 0 radical (unpaired) electrons. The van der Waals surface area contributed by atoms with Gasteiger partial charge in [0.1, 0.15) is 17.3 Å². The van der Waals surface area contributed by atoms with Crippen molar-refractivity contribution in [2.24, 2.45) is 0 Å². The quantitative estimate of drug-likeness (QED) is 0.389. The molecule has 0 spiro atoms. The SMILES string of the molecule is COc1ccccc1-c1ccc2oc(C3CCCN3C(=O)c3cccc(Cl)c3)nc2c1. The number of ether oxygens (including phenoxy) is 1. The summed E-state index contributed by atoms with van der Waals surface area (Å²) in [5, 5.41) is 0.548. The Hall–Kier alpha value is -3.31. The van der Waals surface area contributed by atoms with Crippen molar-refractivity contribution < 1.29 is 13.9 Å². The number of methoxy groups -OCH3 is 1. The predicted molar refractivity (Wildman–Crippen MR) is 120 cm³/mol. The summed E-state index contributed by atoms with van der Waals surface area (Å²) in [6.45, 7) is 0.668. The number of nitrogens with zero attached hydrogens (tertiary/aromatic N) is 2. The molecule has 1 aliphatic rings. The van der Waals surface area contributed by atoms with Gasteiger partial charge >= 0.3 is 0 Å². The van der Waals surface area contributed by atoms with E-state index in [-0.39, 0.29) is 11.9 Å². The maximum atomic E-state index is 13.1. The van der Waals surface area contributed by atoms with Crippen LogP contribution in [0.25, 0.3) is 22.2 Å². The summed E-state index contributed by atoms with van der Waals surface area (Å²) in [5.41, 5.74) is 4.04. The van der Waals surface area contributed by atoms with Gasteiger partial charge in [0.05, 0.1) is 7.11 Å². The molecule has 1 atom stereocenters. The van der Waals surface area contributed by atoms with Gasteiger partial charge in [-0.1, -0.05) is 41.9 Å². The number of fused-ring (bicyclic) bond motifs is 1. The number of carbonyl (C=O) groups excluding carboxylic acids is 1. The van der Waals surface area contributed by atoms with Gasteiger partial charge in [-0.15, -0.1) is 0 Å². The third-order valence-corrected chi connectivity index (χ3v) is 5.93. The largest absolute Gasteiger partial charge is 0.496 e. The minimum absolute atomic E-state index is 0.0537. The van der Waals surface area contributed by atoms with E-state index in [9.17, 15) is 4.79 Å². The van der Waals surface area contributed by atoms with E-state index >= 15 is 0 Å². The van der Waals surface area contributed by atoms with Gasteiger partial charge in [-0.05, 0) is 54.8 Å². The number of amides is 1. The molecule has 31 heavy (non-hydrogen) atoms. The molecule has 0 bridgehead atoms. The van der Waals surface area contributed by atoms with Crippen molar-refractivity contribution in [2.45, 2.75) is 18.9 Å². The molecule has 1 amide bonds. The first-order valence-corrected chi connectivity index (χ1v) is 10.6. The molecule has 1 fully saturated rings. The molecule has 0 aliphatic carbocycles. The summed E-state index contributed by atoms with van der Waals surface area (Å²) in [4.78, 5) is 19.7. The van der Waals surface area contributed by atoms with Crippen molar-refractivity contribution in [2.75, 3.05) is 13.7 Å². The van der Waals surface area contributed by atoms with Crippen LogP contribution < -0.4 is 4.74 Å². The molecule has 1 aromatic heterocycles. The molecule has 2 heterocycles. The molecule has 0 saturated carbocycles. The van der Waals surface area contributed by atoms with Crippen LogP contribution in [-0.4, -0.2) is 29.4 Å². The van der Waals surface area contributed by atoms with Crippen LogP contribution in [0, 0.1) is 0 Å². The number of aromatic nitrogens is 1. The Kier molecular flexibility index (Phi) is 5.12. The maximum absolute atomic E-state index is 13.1. The lowest BCUT2D eigenvalue weighted by Crippen LogP contribution is -2.30. The number of likely N-dealkylation sites (tertiary alicyclic amines) is 1. The highest BCUT2D eigenvalue weighted by Crippen LogP contribution is 2.36. The van der Waals surface area contributed by atoms with E-state index in [0.29, 0.717) is 28.6 Å². The zero-order valence-corrected chi connectivity index (χ0v) is 17.8. The number of hydrogen-bond acceptors (Lipinski definition) is 4. The minimum atomic E-state index is -0.186. The molecule has 3 aromatic carbocycles. The Morgan fingerprint density at radius 1 is 1.13 bits per heavy atom. The second-order valence-electron chi connectivity index (χ2n) is 7.60. The number of carbonyl (C=O) groups is 1. The first-order valence-electron chi connectivity index (χ1n) is 10.2. The van der Waals surface area contributed by atoms with E-state index in [1.54, 1.807) is 31.4 Å². The lowest BCUT2D eigenvalue weighted by Gasteiger charge is -2.22. The van der Waals surface area contributed by atoms with E-state index in [2.05, 4.69) is 0 Å². The Morgan fingerprint density at radius 3 is 2.84 bits per heavy atom. The third-order valence-electron chi connectivity index (χ3n) is 5.69. The number of hydrogen-bond donors (Lipinski definition) is 0. The van der Waals surface area contributed by atoms with Crippen LogP contribution in [-0.2, 0) is 0 Å². The van der Waals surface area contributed by atoms with Crippen LogP contribution in [0.5, 0.6) is 5.75 Å². The van der Waals surface area contributed by atoms with Crippen molar-refractivity contribution >= 4 is 28.6 Å². The third kappa shape index (κ3) is 3.66. The molecule has 1 aliphatic heterocycles. The first-order chi connectivity index (χ1) is 15.1. The van der Waals surface area contributed by atoms with Crippen molar-refractivity contribution in [3.05, 3.63) is 83.2 Å². The smallest absolute Gasteiger partial charge is 0.254 e. The second-order valence-corrected chi connectivity index (χ2v) is 8.04. The summed E-state index contributed by atoms with van der Waals surface area (Å²) < 4.78 is 11.6. The second kappa shape index (κ2) is 8.08.